The highest BCUT2D eigenvalue weighted by Gasteiger charge is 2.37. The quantitative estimate of drug-likeness (QED) is 0.472. The van der Waals surface area contributed by atoms with Crippen LogP contribution in [-0.4, -0.2) is 48.3 Å². The number of halogens is 1. The number of carbonyl (C=O) groups is 1. The van der Waals surface area contributed by atoms with Crippen molar-refractivity contribution in [2.75, 3.05) is 32.2 Å². The number of amides is 1. The largest absolute Gasteiger partial charge is 0.497 e. The second-order valence-corrected chi connectivity index (χ2v) is 10.1. The summed E-state index contributed by atoms with van der Waals surface area (Å²) >= 11 is 6.15. The lowest BCUT2D eigenvalue weighted by atomic mass is 10.2. The zero-order valence-corrected chi connectivity index (χ0v) is 21.4. The first-order valence-electron chi connectivity index (χ1n) is 10.9. The molecule has 11 heteroatoms. The van der Waals surface area contributed by atoms with Gasteiger partial charge in [-0.1, -0.05) is 17.7 Å². The van der Waals surface area contributed by atoms with Crippen molar-refractivity contribution in [1.29, 1.82) is 0 Å². The Kier molecular flexibility index (Phi) is 7.46. The summed E-state index contributed by atoms with van der Waals surface area (Å²) in [5, 5.41) is 3.14. The van der Waals surface area contributed by atoms with Crippen molar-refractivity contribution in [2.45, 2.75) is 17.5 Å². The lowest BCUT2D eigenvalue weighted by molar-refractivity contribution is -0.127. The molecule has 190 valence electrons. The predicted octanol–water partition coefficient (Wildman–Crippen LogP) is 3.64. The smallest absolute Gasteiger partial charge is 0.264 e. The van der Waals surface area contributed by atoms with E-state index in [-0.39, 0.29) is 29.4 Å². The standard InChI is InChI=1S/C25H25ClN2O7S/c1-32-18-6-8-19(9-7-18)36(30,31)28-15-24(35-21-11-5-17(26)13-20(21)28)25(29)27-14-16-4-10-22(33-2)23(12-16)34-3/h4-13,24H,14-15H2,1-3H3,(H,27,29)/t24-/m0/s1. The van der Waals surface area contributed by atoms with Gasteiger partial charge in [-0.2, -0.15) is 0 Å². The summed E-state index contributed by atoms with van der Waals surface area (Å²) in [7, 11) is 0.520. The monoisotopic (exact) mass is 532 g/mol. The summed E-state index contributed by atoms with van der Waals surface area (Å²) in [5.41, 5.74) is 1.02. The van der Waals surface area contributed by atoms with Crippen LogP contribution in [0.25, 0.3) is 0 Å². The Hall–Kier alpha value is -3.63. The molecule has 0 bridgehead atoms. The number of nitrogens with zero attached hydrogens (tertiary/aromatic N) is 1. The van der Waals surface area contributed by atoms with Crippen molar-refractivity contribution in [3.63, 3.8) is 0 Å². The molecule has 3 aromatic carbocycles. The number of fused-ring (bicyclic) bond motifs is 1. The molecule has 0 fully saturated rings. The molecule has 0 aromatic heterocycles. The third-order valence-electron chi connectivity index (χ3n) is 5.65. The Labute approximate surface area is 214 Å². The van der Waals surface area contributed by atoms with Gasteiger partial charge in [0, 0.05) is 11.6 Å². The van der Waals surface area contributed by atoms with E-state index in [1.165, 1.54) is 39.5 Å². The zero-order valence-electron chi connectivity index (χ0n) is 19.9. The molecule has 1 amide bonds. The van der Waals surface area contributed by atoms with Crippen molar-refractivity contribution in [3.8, 4) is 23.0 Å². The Morgan fingerprint density at radius 1 is 1.00 bits per heavy atom. The molecule has 0 radical (unpaired) electrons. The lowest BCUT2D eigenvalue weighted by Gasteiger charge is -2.35. The van der Waals surface area contributed by atoms with Gasteiger partial charge in [0.25, 0.3) is 15.9 Å². The fourth-order valence-electron chi connectivity index (χ4n) is 3.76. The number of nitrogens with one attached hydrogen (secondary N) is 1. The van der Waals surface area contributed by atoms with Gasteiger partial charge in [-0.05, 0) is 60.2 Å². The van der Waals surface area contributed by atoms with Crippen LogP contribution in [-0.2, 0) is 21.4 Å². The van der Waals surface area contributed by atoms with Gasteiger partial charge >= 0.3 is 0 Å². The molecule has 0 aliphatic carbocycles. The molecule has 0 saturated heterocycles. The molecule has 1 heterocycles. The van der Waals surface area contributed by atoms with Gasteiger partial charge in [0.05, 0.1) is 38.5 Å². The molecule has 3 aromatic rings. The molecular formula is C25H25ClN2O7S. The van der Waals surface area contributed by atoms with E-state index in [4.69, 9.17) is 30.5 Å². The van der Waals surface area contributed by atoms with E-state index >= 15 is 0 Å². The number of sulfonamides is 1. The van der Waals surface area contributed by atoms with Gasteiger partial charge in [0.1, 0.15) is 11.5 Å². The molecule has 4 rings (SSSR count). The minimum atomic E-state index is -4.04. The number of carbonyl (C=O) groups excluding carboxylic acids is 1. The normalized spacial score (nSPS) is 14.9. The van der Waals surface area contributed by atoms with Crippen molar-refractivity contribution in [2.24, 2.45) is 0 Å². The van der Waals surface area contributed by atoms with Crippen LogP contribution < -0.4 is 28.6 Å². The Balaban J connectivity index is 1.58. The van der Waals surface area contributed by atoms with E-state index in [0.29, 0.717) is 22.3 Å². The van der Waals surface area contributed by atoms with Crippen molar-refractivity contribution >= 4 is 33.2 Å². The number of hydrogen-bond acceptors (Lipinski definition) is 7. The van der Waals surface area contributed by atoms with Gasteiger partial charge in [-0.25, -0.2) is 8.42 Å². The highest BCUT2D eigenvalue weighted by molar-refractivity contribution is 7.92. The summed E-state index contributed by atoms with van der Waals surface area (Å²) in [6.07, 6.45) is -1.09. The van der Waals surface area contributed by atoms with Crippen LogP contribution in [0.2, 0.25) is 5.02 Å². The first-order valence-corrected chi connectivity index (χ1v) is 12.7. The van der Waals surface area contributed by atoms with Crippen LogP contribution in [0.1, 0.15) is 5.56 Å². The average Bonchev–Trinajstić information content (AvgIpc) is 2.90. The molecule has 9 nitrogen and oxygen atoms in total. The molecule has 36 heavy (non-hydrogen) atoms. The van der Waals surface area contributed by atoms with Crippen LogP contribution in [0.5, 0.6) is 23.0 Å². The minimum absolute atomic E-state index is 0.0422. The minimum Gasteiger partial charge on any atom is -0.497 e. The second-order valence-electron chi connectivity index (χ2n) is 7.84. The maximum absolute atomic E-state index is 13.6. The van der Waals surface area contributed by atoms with Gasteiger partial charge < -0.3 is 24.3 Å². The third kappa shape index (κ3) is 5.14. The van der Waals surface area contributed by atoms with Gasteiger partial charge in [0.15, 0.2) is 17.6 Å². The van der Waals surface area contributed by atoms with Crippen molar-refractivity contribution < 1.29 is 32.2 Å². The van der Waals surface area contributed by atoms with Gasteiger partial charge in [-0.15, -0.1) is 0 Å². The maximum Gasteiger partial charge on any atom is 0.264 e. The highest BCUT2D eigenvalue weighted by Crippen LogP contribution is 2.39. The fourth-order valence-corrected chi connectivity index (χ4v) is 5.39. The van der Waals surface area contributed by atoms with Crippen LogP contribution >= 0.6 is 11.6 Å². The van der Waals surface area contributed by atoms with E-state index in [1.54, 1.807) is 42.5 Å². The molecular weight excluding hydrogens is 508 g/mol. The molecule has 1 atom stereocenters. The summed E-state index contributed by atoms with van der Waals surface area (Å²) in [4.78, 5) is 13.1. The number of hydrogen-bond donors (Lipinski definition) is 1. The van der Waals surface area contributed by atoms with Crippen LogP contribution in [0.15, 0.2) is 65.6 Å². The Bertz CT molecular complexity index is 1360. The van der Waals surface area contributed by atoms with Crippen molar-refractivity contribution in [1.82, 2.24) is 5.32 Å². The lowest BCUT2D eigenvalue weighted by Crippen LogP contribution is -2.50. The number of benzene rings is 3. The summed E-state index contributed by atoms with van der Waals surface area (Å²) < 4.78 is 49.8. The predicted molar refractivity (Wildman–Crippen MR) is 135 cm³/mol. The van der Waals surface area contributed by atoms with E-state index in [9.17, 15) is 13.2 Å². The van der Waals surface area contributed by atoms with E-state index in [0.717, 1.165) is 9.87 Å². The maximum atomic E-state index is 13.6. The van der Waals surface area contributed by atoms with Crippen molar-refractivity contribution in [3.05, 3.63) is 71.2 Å². The molecule has 1 aliphatic rings. The van der Waals surface area contributed by atoms with Gasteiger partial charge in [-0.3, -0.25) is 9.10 Å². The van der Waals surface area contributed by atoms with E-state index < -0.39 is 22.0 Å². The topological polar surface area (TPSA) is 103 Å². The van der Waals surface area contributed by atoms with Crippen LogP contribution in [0, 0.1) is 0 Å². The number of rotatable bonds is 8. The first kappa shape index (κ1) is 25.5. The van der Waals surface area contributed by atoms with Crippen LogP contribution in [0.4, 0.5) is 5.69 Å². The van der Waals surface area contributed by atoms with E-state index in [2.05, 4.69) is 5.32 Å². The SMILES string of the molecule is COc1ccc(S(=O)(=O)N2C[C@@H](C(=O)NCc3ccc(OC)c(OC)c3)Oc3ccc(Cl)cc32)cc1. The second kappa shape index (κ2) is 10.5. The Morgan fingerprint density at radius 3 is 2.39 bits per heavy atom. The summed E-state index contributed by atoms with van der Waals surface area (Å²) in [6.45, 7) is -0.0583. The third-order valence-corrected chi connectivity index (χ3v) is 7.67. The number of anilines is 1. The zero-order chi connectivity index (χ0) is 25.9. The highest BCUT2D eigenvalue weighted by atomic mass is 35.5. The molecule has 1 aliphatic heterocycles. The Morgan fingerprint density at radius 2 is 1.72 bits per heavy atom. The molecule has 0 unspecified atom stereocenters. The summed E-state index contributed by atoms with van der Waals surface area (Å²) in [5.74, 6) is 1.37. The molecule has 0 saturated carbocycles. The molecule has 0 spiro atoms. The first-order chi connectivity index (χ1) is 17.3. The van der Waals surface area contributed by atoms with Crippen LogP contribution in [0.3, 0.4) is 0 Å². The number of ether oxygens (including phenoxy) is 4. The summed E-state index contributed by atoms with van der Waals surface area (Å²) in [6, 6.07) is 15.9. The number of methoxy groups -OCH3 is 3. The molecule has 1 N–H and O–H groups in total. The van der Waals surface area contributed by atoms with Gasteiger partial charge in [0.2, 0.25) is 0 Å². The van der Waals surface area contributed by atoms with E-state index in [1.807, 2.05) is 0 Å². The average molecular weight is 533 g/mol. The fraction of sp³-hybridized carbons (Fsp3) is 0.240.